The second-order valence-corrected chi connectivity index (χ2v) is 7.44. The molecule has 30 heavy (non-hydrogen) atoms. The average Bonchev–Trinajstić information content (AvgIpc) is 2.90. The lowest BCUT2D eigenvalue weighted by Gasteiger charge is -2.27. The van der Waals surface area contributed by atoms with Gasteiger partial charge >= 0.3 is 0 Å². The molecule has 0 saturated heterocycles. The van der Waals surface area contributed by atoms with E-state index in [2.05, 4.69) is 16.0 Å². The van der Waals surface area contributed by atoms with Gasteiger partial charge in [0.15, 0.2) is 0 Å². The molecule has 158 valence electrons. The molecule has 0 aliphatic carbocycles. The van der Waals surface area contributed by atoms with Crippen molar-refractivity contribution >= 4 is 28.9 Å². The Kier molecular flexibility index (Phi) is 6.84. The van der Waals surface area contributed by atoms with Crippen LogP contribution in [0.15, 0.2) is 48.5 Å². The molecule has 2 atom stereocenters. The van der Waals surface area contributed by atoms with Crippen LogP contribution in [0.25, 0.3) is 0 Å². The summed E-state index contributed by atoms with van der Waals surface area (Å²) in [6.07, 6.45) is 1.20. The molecular weight excluding hydrogens is 378 g/mol. The zero-order chi connectivity index (χ0) is 21.7. The zero-order valence-corrected chi connectivity index (χ0v) is 17.7. The van der Waals surface area contributed by atoms with Crippen LogP contribution in [0.1, 0.15) is 24.5 Å². The van der Waals surface area contributed by atoms with E-state index < -0.39 is 12.1 Å². The van der Waals surface area contributed by atoms with Gasteiger partial charge in [0.05, 0.1) is 18.3 Å². The number of anilines is 2. The zero-order valence-electron chi connectivity index (χ0n) is 17.7. The molecule has 1 aliphatic rings. The summed E-state index contributed by atoms with van der Waals surface area (Å²) in [4.78, 5) is 27.5. The molecule has 0 spiro atoms. The lowest BCUT2D eigenvalue weighted by atomic mass is 10.1. The average molecular weight is 408 g/mol. The smallest absolute Gasteiger partial charge is 0.249 e. The van der Waals surface area contributed by atoms with Gasteiger partial charge in [-0.05, 0) is 44.5 Å². The number of para-hydroxylation sites is 2. The number of carbonyl (C=O) groups is 2. The molecule has 0 radical (unpaired) electrons. The number of fused-ring (bicyclic) bond motifs is 1. The van der Waals surface area contributed by atoms with Crippen LogP contribution in [0, 0.1) is 5.41 Å². The van der Waals surface area contributed by atoms with Crippen molar-refractivity contribution < 1.29 is 9.59 Å². The van der Waals surface area contributed by atoms with Gasteiger partial charge in [0.2, 0.25) is 11.8 Å². The van der Waals surface area contributed by atoms with Gasteiger partial charge in [-0.25, -0.2) is 0 Å². The maximum Gasteiger partial charge on any atom is 0.249 e. The molecule has 4 N–H and O–H groups in total. The maximum atomic E-state index is 13.5. The minimum Gasteiger partial charge on any atom is -0.388 e. The summed E-state index contributed by atoms with van der Waals surface area (Å²) >= 11 is 0. The van der Waals surface area contributed by atoms with Crippen LogP contribution in [0.3, 0.4) is 0 Å². The molecule has 0 saturated carbocycles. The SMILES string of the molecule is CNc1ccccc1C(=N)CN1C(=O)[C@@H](NC(=O)[C@H](C)NC)CCc2ccccc21. The van der Waals surface area contributed by atoms with E-state index in [0.29, 0.717) is 18.6 Å². The number of nitrogens with one attached hydrogen (secondary N) is 4. The molecule has 0 aromatic heterocycles. The van der Waals surface area contributed by atoms with E-state index in [4.69, 9.17) is 5.41 Å². The number of rotatable bonds is 7. The minimum absolute atomic E-state index is 0.127. The first-order valence-corrected chi connectivity index (χ1v) is 10.2. The van der Waals surface area contributed by atoms with Crippen LogP contribution in [-0.4, -0.2) is 50.2 Å². The van der Waals surface area contributed by atoms with Gasteiger partial charge in [0.25, 0.3) is 0 Å². The summed E-state index contributed by atoms with van der Waals surface area (Å²) in [5, 5.41) is 17.6. The summed E-state index contributed by atoms with van der Waals surface area (Å²) in [6, 6.07) is 14.3. The van der Waals surface area contributed by atoms with E-state index in [9.17, 15) is 9.59 Å². The Hall–Kier alpha value is -3.19. The van der Waals surface area contributed by atoms with Gasteiger partial charge in [0, 0.05) is 24.0 Å². The second-order valence-electron chi connectivity index (χ2n) is 7.44. The van der Waals surface area contributed by atoms with Crippen molar-refractivity contribution in [3.8, 4) is 0 Å². The van der Waals surface area contributed by atoms with Crippen LogP contribution >= 0.6 is 0 Å². The van der Waals surface area contributed by atoms with Gasteiger partial charge in [-0.3, -0.25) is 9.59 Å². The number of amides is 2. The van der Waals surface area contributed by atoms with Gasteiger partial charge in [-0.1, -0.05) is 36.4 Å². The third-order valence-corrected chi connectivity index (χ3v) is 5.53. The maximum absolute atomic E-state index is 13.5. The summed E-state index contributed by atoms with van der Waals surface area (Å²) in [7, 11) is 3.52. The van der Waals surface area contributed by atoms with E-state index in [1.165, 1.54) is 0 Å². The summed E-state index contributed by atoms with van der Waals surface area (Å²) in [6.45, 7) is 1.88. The van der Waals surface area contributed by atoms with Gasteiger partial charge in [-0.2, -0.15) is 0 Å². The minimum atomic E-state index is -0.631. The van der Waals surface area contributed by atoms with Crippen molar-refractivity contribution in [3.05, 3.63) is 59.7 Å². The Morgan fingerprint density at radius 1 is 1.17 bits per heavy atom. The normalized spacial score (nSPS) is 17.0. The predicted molar refractivity (Wildman–Crippen MR) is 120 cm³/mol. The standard InChI is InChI=1S/C23H29N5O2/c1-15(25-2)22(29)27-20-13-12-16-8-4-7-11-21(16)28(23(20)30)14-18(24)17-9-5-6-10-19(17)26-3/h4-11,15,20,24-26H,12-14H2,1-3H3,(H,27,29)/t15-,20-/m0/s1. The molecule has 2 aromatic carbocycles. The monoisotopic (exact) mass is 407 g/mol. The lowest BCUT2D eigenvalue weighted by Crippen LogP contribution is -2.52. The van der Waals surface area contributed by atoms with Gasteiger partial charge < -0.3 is 26.3 Å². The highest BCUT2D eigenvalue weighted by Gasteiger charge is 2.32. The molecule has 1 aliphatic heterocycles. The fraction of sp³-hybridized carbons (Fsp3) is 0.348. The number of nitrogens with zero attached hydrogens (tertiary/aromatic N) is 1. The number of hydrogen-bond donors (Lipinski definition) is 4. The van der Waals surface area contributed by atoms with Crippen LogP contribution in [-0.2, 0) is 16.0 Å². The van der Waals surface area contributed by atoms with Crippen molar-refractivity contribution in [3.63, 3.8) is 0 Å². The quantitative estimate of drug-likeness (QED) is 0.529. The van der Waals surface area contributed by atoms with Crippen LogP contribution in [0.4, 0.5) is 11.4 Å². The number of aryl methyl sites for hydroxylation is 1. The Balaban J connectivity index is 1.91. The van der Waals surface area contributed by atoms with Crippen LogP contribution < -0.4 is 20.9 Å². The fourth-order valence-corrected chi connectivity index (χ4v) is 3.65. The summed E-state index contributed by atoms with van der Waals surface area (Å²) in [5.41, 5.74) is 3.76. The number of benzene rings is 2. The highest BCUT2D eigenvalue weighted by molar-refractivity contribution is 6.11. The first kappa shape index (κ1) is 21.5. The first-order chi connectivity index (χ1) is 14.5. The molecule has 0 unspecified atom stereocenters. The number of hydrogen-bond acceptors (Lipinski definition) is 5. The highest BCUT2D eigenvalue weighted by atomic mass is 16.2. The summed E-state index contributed by atoms with van der Waals surface area (Å²) in [5.74, 6) is -0.402. The lowest BCUT2D eigenvalue weighted by molar-refractivity contribution is -0.128. The molecule has 2 amide bonds. The Bertz CT molecular complexity index is 943. The highest BCUT2D eigenvalue weighted by Crippen LogP contribution is 2.28. The fourth-order valence-electron chi connectivity index (χ4n) is 3.65. The van der Waals surface area contributed by atoms with Crippen molar-refractivity contribution in [1.82, 2.24) is 10.6 Å². The molecule has 3 rings (SSSR count). The van der Waals surface area contributed by atoms with E-state index in [1.54, 1.807) is 18.9 Å². The van der Waals surface area contributed by atoms with Crippen LogP contribution in [0.2, 0.25) is 0 Å². The van der Waals surface area contributed by atoms with Crippen molar-refractivity contribution in [1.29, 1.82) is 5.41 Å². The Morgan fingerprint density at radius 2 is 1.87 bits per heavy atom. The molecular formula is C23H29N5O2. The molecule has 2 aromatic rings. The van der Waals surface area contributed by atoms with Crippen molar-refractivity contribution in [2.75, 3.05) is 30.9 Å². The predicted octanol–water partition coefficient (Wildman–Crippen LogP) is 2.17. The second kappa shape index (κ2) is 9.54. The first-order valence-electron chi connectivity index (χ1n) is 10.2. The number of carbonyl (C=O) groups excluding carboxylic acids is 2. The Morgan fingerprint density at radius 3 is 2.60 bits per heavy atom. The van der Waals surface area contributed by atoms with Crippen molar-refractivity contribution in [2.24, 2.45) is 0 Å². The van der Waals surface area contributed by atoms with E-state index in [1.807, 2.05) is 55.6 Å². The van der Waals surface area contributed by atoms with Gasteiger partial charge in [-0.15, -0.1) is 0 Å². The molecule has 1 heterocycles. The van der Waals surface area contributed by atoms with Crippen molar-refractivity contribution in [2.45, 2.75) is 31.8 Å². The molecule has 0 fully saturated rings. The molecule has 7 heteroatoms. The third kappa shape index (κ3) is 4.52. The van der Waals surface area contributed by atoms with Crippen LogP contribution in [0.5, 0.6) is 0 Å². The topological polar surface area (TPSA) is 97.3 Å². The molecule has 7 nitrogen and oxygen atoms in total. The van der Waals surface area contributed by atoms with E-state index >= 15 is 0 Å². The van der Waals surface area contributed by atoms with Gasteiger partial charge in [0.1, 0.15) is 6.04 Å². The van der Waals surface area contributed by atoms with E-state index in [0.717, 1.165) is 22.5 Å². The Labute approximate surface area is 177 Å². The molecule has 0 bridgehead atoms. The largest absolute Gasteiger partial charge is 0.388 e. The van der Waals surface area contributed by atoms with E-state index in [-0.39, 0.29) is 18.4 Å². The number of likely N-dealkylation sites (N-methyl/N-ethyl adjacent to an activating group) is 1. The third-order valence-electron chi connectivity index (χ3n) is 5.53. The summed E-state index contributed by atoms with van der Waals surface area (Å²) < 4.78 is 0.